The van der Waals surface area contributed by atoms with Crippen LogP contribution in [0.3, 0.4) is 0 Å². The molecule has 3 rings (SSSR count). The van der Waals surface area contributed by atoms with Crippen LogP contribution in [-0.4, -0.2) is 52.1 Å². The molecule has 172 valence electrons. The molecule has 0 aliphatic carbocycles. The van der Waals surface area contributed by atoms with Crippen molar-refractivity contribution in [1.82, 2.24) is 15.6 Å². The first-order valence-electron chi connectivity index (χ1n) is 9.35. The van der Waals surface area contributed by atoms with Crippen molar-refractivity contribution in [2.45, 2.75) is 19.8 Å². The zero-order valence-electron chi connectivity index (χ0n) is 16.9. The van der Waals surface area contributed by atoms with Crippen LogP contribution in [0.25, 0.3) is 0 Å². The van der Waals surface area contributed by atoms with Crippen molar-refractivity contribution >= 4 is 46.7 Å². The van der Waals surface area contributed by atoms with Gasteiger partial charge in [0.1, 0.15) is 11.4 Å². The molecule has 1 unspecified atom stereocenters. The van der Waals surface area contributed by atoms with Crippen LogP contribution < -0.4 is 15.8 Å². The van der Waals surface area contributed by atoms with E-state index in [0.717, 1.165) is 0 Å². The minimum Gasteiger partial charge on any atom is -0.410 e. The Morgan fingerprint density at radius 3 is 2.56 bits per heavy atom. The second-order valence-electron chi connectivity index (χ2n) is 6.63. The predicted octanol–water partition coefficient (Wildman–Crippen LogP) is 3.54. The van der Waals surface area contributed by atoms with E-state index in [9.17, 15) is 4.79 Å². The monoisotopic (exact) mass is 485 g/mol. The van der Waals surface area contributed by atoms with Crippen molar-refractivity contribution in [3.05, 3.63) is 52.0 Å². The highest BCUT2D eigenvalue weighted by molar-refractivity contribution is 6.39. The summed E-state index contributed by atoms with van der Waals surface area (Å²) >= 11 is 12.4. The second-order valence-corrected chi connectivity index (χ2v) is 7.44. The molecule has 0 bridgehead atoms. The first-order chi connectivity index (χ1) is 15.2. The van der Waals surface area contributed by atoms with Gasteiger partial charge in [-0.05, 0) is 36.8 Å². The van der Waals surface area contributed by atoms with Crippen LogP contribution in [0.5, 0.6) is 5.75 Å². The van der Waals surface area contributed by atoms with Crippen LogP contribution in [0.1, 0.15) is 12.5 Å². The van der Waals surface area contributed by atoms with E-state index in [1.165, 1.54) is 12.1 Å². The average Bonchev–Trinajstić information content (AvgIpc) is 3.18. The molecule has 0 amide bonds. The number of nitrogen functional groups attached to an aromatic ring is 1. The van der Waals surface area contributed by atoms with Crippen LogP contribution in [0.4, 0.5) is 16.2 Å². The van der Waals surface area contributed by atoms with Gasteiger partial charge in [-0.15, -0.1) is 0 Å². The third-order valence-corrected chi connectivity index (χ3v) is 4.92. The molecule has 0 aromatic heterocycles. The average molecular weight is 486 g/mol. The summed E-state index contributed by atoms with van der Waals surface area (Å²) in [6, 6.07) is 9.29. The molecule has 5 N–H and O–H groups in total. The molecule has 1 fully saturated rings. The van der Waals surface area contributed by atoms with E-state index in [1.807, 2.05) is 0 Å². The number of hydrogen-bond acceptors (Lipinski definition) is 9. The van der Waals surface area contributed by atoms with E-state index in [1.54, 1.807) is 36.1 Å². The number of benzene rings is 2. The molecule has 11 nitrogen and oxygen atoms in total. The second kappa shape index (κ2) is 10.7. The number of hydrogen-bond donors (Lipinski definition) is 4. The normalized spacial score (nSPS) is 15.7. The number of nitrogens with one attached hydrogen (secondary N) is 1. The molecule has 1 atom stereocenters. The Morgan fingerprint density at radius 2 is 1.94 bits per heavy atom. The Hall–Kier alpha value is -2.80. The molecule has 0 saturated carbocycles. The topological polar surface area (TPSA) is 142 Å². The number of nitrogens with zero attached hydrogens (tertiary/aromatic N) is 3. The maximum atomic E-state index is 12.2. The van der Waals surface area contributed by atoms with E-state index in [2.05, 4.69) is 15.1 Å². The van der Waals surface area contributed by atoms with Gasteiger partial charge in [-0.25, -0.2) is 14.6 Å². The fourth-order valence-corrected chi connectivity index (χ4v) is 3.45. The summed E-state index contributed by atoms with van der Waals surface area (Å²) < 4.78 is 10.5. The van der Waals surface area contributed by atoms with Crippen LogP contribution in [0.15, 0.2) is 41.4 Å². The summed E-state index contributed by atoms with van der Waals surface area (Å²) in [5.74, 6) is 0.676. The van der Waals surface area contributed by atoms with Gasteiger partial charge in [-0.2, -0.15) is 0 Å². The lowest BCUT2D eigenvalue weighted by Gasteiger charge is -2.25. The van der Waals surface area contributed by atoms with E-state index in [-0.39, 0.29) is 17.7 Å². The number of nitrogens with two attached hydrogens (primary N) is 1. The zero-order chi connectivity index (χ0) is 23.3. The van der Waals surface area contributed by atoms with E-state index in [4.69, 9.17) is 48.8 Å². The van der Waals surface area contributed by atoms with Crippen molar-refractivity contribution in [2.24, 2.45) is 4.99 Å². The molecule has 1 aliphatic heterocycles. The van der Waals surface area contributed by atoms with Crippen molar-refractivity contribution < 1.29 is 29.5 Å². The molecular weight excluding hydrogens is 465 g/mol. The van der Waals surface area contributed by atoms with Gasteiger partial charge in [0.05, 0.1) is 22.0 Å². The van der Waals surface area contributed by atoms with E-state index < -0.39 is 12.4 Å². The van der Waals surface area contributed by atoms with Crippen molar-refractivity contribution in [3.8, 4) is 5.75 Å². The molecule has 2 aromatic rings. The minimum atomic E-state index is -0.909. The van der Waals surface area contributed by atoms with E-state index in [0.29, 0.717) is 46.0 Å². The first kappa shape index (κ1) is 23.9. The Balaban J connectivity index is 1.61. The van der Waals surface area contributed by atoms with Crippen molar-refractivity contribution in [3.63, 3.8) is 0 Å². The lowest BCUT2D eigenvalue weighted by Crippen LogP contribution is -2.40. The Bertz CT molecular complexity index is 966. The van der Waals surface area contributed by atoms with Gasteiger partial charge in [0.2, 0.25) is 5.96 Å². The summed E-state index contributed by atoms with van der Waals surface area (Å²) in [5.41, 5.74) is 7.11. The summed E-state index contributed by atoms with van der Waals surface area (Å²) in [6.07, 6.45) is -1.61. The van der Waals surface area contributed by atoms with Gasteiger partial charge in [0.15, 0.2) is 6.23 Å². The van der Waals surface area contributed by atoms with Crippen LogP contribution in [-0.2, 0) is 16.2 Å². The third kappa shape index (κ3) is 6.36. The number of guanidine groups is 1. The maximum Gasteiger partial charge on any atom is 0.515 e. The molecule has 0 radical (unpaired) electrons. The molecule has 0 spiro atoms. The molecular formula is C19H21Cl2N5O6. The van der Waals surface area contributed by atoms with Gasteiger partial charge < -0.3 is 25.4 Å². The SMILES string of the molecule is CC(OC(=O)Oc1ccc(CON(O)O)cc1)N1CCN/C1=N\c1c(Cl)cc(N)cc1Cl. The smallest absolute Gasteiger partial charge is 0.410 e. The first-order valence-corrected chi connectivity index (χ1v) is 10.1. The number of aliphatic imine (C=N–C) groups is 1. The van der Waals surface area contributed by atoms with Crippen LogP contribution >= 0.6 is 23.2 Å². The molecule has 1 saturated heterocycles. The number of ether oxygens (including phenoxy) is 2. The largest absolute Gasteiger partial charge is 0.515 e. The maximum absolute atomic E-state index is 12.2. The number of halogens is 2. The van der Waals surface area contributed by atoms with Gasteiger partial charge in [0.25, 0.3) is 0 Å². The highest BCUT2D eigenvalue weighted by atomic mass is 35.5. The fourth-order valence-electron chi connectivity index (χ4n) is 2.86. The van der Waals surface area contributed by atoms with Crippen LogP contribution in [0.2, 0.25) is 10.0 Å². The zero-order valence-corrected chi connectivity index (χ0v) is 18.4. The van der Waals surface area contributed by atoms with Crippen LogP contribution in [0, 0.1) is 0 Å². The summed E-state index contributed by atoms with van der Waals surface area (Å²) in [7, 11) is 0. The lowest BCUT2D eigenvalue weighted by molar-refractivity contribution is -0.497. The predicted molar refractivity (Wildman–Crippen MR) is 116 cm³/mol. The number of carbonyl (C=O) groups is 1. The molecule has 1 aliphatic rings. The summed E-state index contributed by atoms with van der Waals surface area (Å²) in [4.78, 5) is 22.9. The fraction of sp³-hybridized carbons (Fsp3) is 0.263. The molecule has 2 aromatic carbocycles. The highest BCUT2D eigenvalue weighted by Crippen LogP contribution is 2.35. The Morgan fingerprint density at radius 1 is 1.28 bits per heavy atom. The molecule has 13 heteroatoms. The number of anilines is 1. The van der Waals surface area contributed by atoms with Crippen molar-refractivity contribution in [1.29, 1.82) is 0 Å². The molecule has 32 heavy (non-hydrogen) atoms. The summed E-state index contributed by atoms with van der Waals surface area (Å²) in [5, 5.41) is 20.4. The number of carbonyl (C=O) groups excluding carboxylic acids is 1. The Labute approximate surface area is 193 Å². The quantitative estimate of drug-likeness (QED) is 0.199. The Kier molecular flexibility index (Phi) is 7.96. The summed E-state index contributed by atoms with van der Waals surface area (Å²) in [6.45, 7) is 2.69. The standard InChI is InChI=1S/C19H21Cl2N5O6/c1-11(31-19(27)32-14-4-2-12(3-5-14)10-30-26(28)29)25-7-6-23-18(25)24-17-15(20)8-13(22)9-16(17)21/h2-5,8-9,11,28-29H,6-7,10,22H2,1H3,(H,23,24). The lowest BCUT2D eigenvalue weighted by atomic mass is 10.2. The van der Waals surface area contributed by atoms with E-state index >= 15 is 0 Å². The third-order valence-electron chi connectivity index (χ3n) is 4.34. The highest BCUT2D eigenvalue weighted by Gasteiger charge is 2.27. The van der Waals surface area contributed by atoms with Crippen molar-refractivity contribution in [2.75, 3.05) is 18.8 Å². The number of rotatable bonds is 7. The minimum absolute atomic E-state index is 0.0825. The molecule has 1 heterocycles. The van der Waals surface area contributed by atoms with Gasteiger partial charge >= 0.3 is 6.16 Å². The van der Waals surface area contributed by atoms with Gasteiger partial charge in [-0.3, -0.25) is 10.4 Å². The van der Waals surface area contributed by atoms with Gasteiger partial charge in [0, 0.05) is 18.8 Å². The van der Waals surface area contributed by atoms with Gasteiger partial charge in [-0.1, -0.05) is 35.3 Å².